The quantitative estimate of drug-likeness (QED) is 0.792. The van der Waals surface area contributed by atoms with Crippen LogP contribution in [-0.2, 0) is 19.3 Å². The number of thioether (sulfide) groups is 1. The van der Waals surface area contributed by atoms with Crippen LogP contribution >= 0.6 is 11.8 Å². The maximum atomic E-state index is 13.3. The molecule has 126 valence electrons. The average molecular weight is 352 g/mol. The van der Waals surface area contributed by atoms with E-state index in [2.05, 4.69) is 0 Å². The van der Waals surface area contributed by atoms with Gasteiger partial charge >= 0.3 is 0 Å². The molecule has 6 heteroatoms. The molecule has 1 saturated heterocycles. The fourth-order valence-electron chi connectivity index (χ4n) is 3.49. The molecule has 2 aromatic rings. The predicted octanol–water partition coefficient (Wildman–Crippen LogP) is 2.82. The molecule has 2 heterocycles. The first-order valence-electron chi connectivity index (χ1n) is 7.95. The van der Waals surface area contributed by atoms with Gasteiger partial charge in [-0.2, -0.15) is 0 Å². The van der Waals surface area contributed by atoms with Crippen molar-refractivity contribution in [2.45, 2.75) is 18.7 Å². The number of imide groups is 1. The van der Waals surface area contributed by atoms with Crippen LogP contribution in [0.2, 0.25) is 0 Å². The Balaban J connectivity index is 1.95. The molecular formula is C19H16N2O3S. The van der Waals surface area contributed by atoms with Crippen molar-refractivity contribution in [1.29, 1.82) is 0 Å². The van der Waals surface area contributed by atoms with Gasteiger partial charge in [-0.25, -0.2) is 4.90 Å². The summed E-state index contributed by atoms with van der Waals surface area (Å²) in [5.74, 6) is -0.669. The Morgan fingerprint density at radius 3 is 2.44 bits per heavy atom. The summed E-state index contributed by atoms with van der Waals surface area (Å²) in [5.41, 5.74) is 2.97. The molecule has 0 unspecified atom stereocenters. The van der Waals surface area contributed by atoms with Gasteiger partial charge in [0, 0.05) is 18.2 Å². The van der Waals surface area contributed by atoms with E-state index in [9.17, 15) is 14.4 Å². The van der Waals surface area contributed by atoms with Gasteiger partial charge in [-0.3, -0.25) is 19.3 Å². The van der Waals surface area contributed by atoms with Gasteiger partial charge in [-0.05, 0) is 25.1 Å². The lowest BCUT2D eigenvalue weighted by Gasteiger charge is -2.33. The molecule has 1 fully saturated rings. The number of anilines is 2. The second-order valence-corrected chi connectivity index (χ2v) is 7.34. The van der Waals surface area contributed by atoms with E-state index in [1.807, 2.05) is 43.3 Å². The minimum absolute atomic E-state index is 0.137. The lowest BCUT2D eigenvalue weighted by atomic mass is 10.0. The summed E-state index contributed by atoms with van der Waals surface area (Å²) in [7, 11) is 0. The largest absolute Gasteiger partial charge is 0.283 e. The molecule has 0 aliphatic carbocycles. The molecule has 0 N–H and O–H groups in total. The molecule has 5 nitrogen and oxygen atoms in total. The number of hydrogen-bond donors (Lipinski definition) is 0. The first kappa shape index (κ1) is 15.9. The van der Waals surface area contributed by atoms with E-state index < -0.39 is 4.87 Å². The maximum absolute atomic E-state index is 13.3. The second kappa shape index (κ2) is 5.46. The summed E-state index contributed by atoms with van der Waals surface area (Å²) < 4.78 is 0. The van der Waals surface area contributed by atoms with Gasteiger partial charge in [0.1, 0.15) is 0 Å². The number of carbonyl (C=O) groups excluding carboxylic acids is 3. The average Bonchev–Trinajstić information content (AvgIpc) is 3.06. The third-order valence-electron chi connectivity index (χ3n) is 4.58. The van der Waals surface area contributed by atoms with Crippen LogP contribution < -0.4 is 9.80 Å². The molecule has 2 aliphatic rings. The van der Waals surface area contributed by atoms with Gasteiger partial charge in [-0.15, -0.1) is 11.8 Å². The zero-order valence-electron chi connectivity index (χ0n) is 13.9. The number of rotatable bonds is 1. The zero-order chi connectivity index (χ0) is 17.8. The van der Waals surface area contributed by atoms with Gasteiger partial charge < -0.3 is 0 Å². The number of amides is 3. The number of hydrogen-bond acceptors (Lipinski definition) is 4. The van der Waals surface area contributed by atoms with Crippen molar-refractivity contribution in [3.8, 4) is 0 Å². The summed E-state index contributed by atoms with van der Waals surface area (Å²) in [6, 6.07) is 14.7. The van der Waals surface area contributed by atoms with Crippen molar-refractivity contribution in [1.82, 2.24) is 0 Å². The Bertz CT molecular complexity index is 909. The Kier molecular flexibility index (Phi) is 3.47. The molecule has 0 aromatic heterocycles. The summed E-state index contributed by atoms with van der Waals surface area (Å²) in [4.78, 5) is 39.6. The summed E-state index contributed by atoms with van der Waals surface area (Å²) in [6.07, 6.45) is 0. The van der Waals surface area contributed by atoms with Crippen molar-refractivity contribution < 1.29 is 14.4 Å². The number of aryl methyl sites for hydroxylation is 1. The molecule has 4 rings (SSSR count). The number of fused-ring (bicyclic) bond motifs is 2. The Hall–Kier alpha value is -2.60. The monoisotopic (exact) mass is 352 g/mol. The molecule has 3 amide bonds. The van der Waals surface area contributed by atoms with Crippen molar-refractivity contribution >= 4 is 40.9 Å². The van der Waals surface area contributed by atoms with Crippen LogP contribution in [-0.4, -0.2) is 23.5 Å². The number of carbonyl (C=O) groups is 3. The highest BCUT2D eigenvalue weighted by Crippen LogP contribution is 2.55. The van der Waals surface area contributed by atoms with Gasteiger partial charge in [-0.1, -0.05) is 35.9 Å². The fraction of sp³-hybridized carbons (Fsp3) is 0.211. The third-order valence-corrected chi connectivity index (χ3v) is 5.97. The van der Waals surface area contributed by atoms with Crippen LogP contribution in [0.3, 0.4) is 0 Å². The van der Waals surface area contributed by atoms with Crippen molar-refractivity contribution in [2.75, 3.05) is 15.6 Å². The maximum Gasteiger partial charge on any atom is 0.275 e. The zero-order valence-corrected chi connectivity index (χ0v) is 14.7. The van der Waals surface area contributed by atoms with E-state index in [1.165, 1.54) is 23.6 Å². The standard InChI is InChI=1S/C19H16N2O3S/c1-12-7-9-14(10-8-12)21-17(23)11-25-19(21)15-5-3-4-6-16(15)20(13(2)22)18(19)24/h3-10H,11H2,1-2H3/t19-/m1/s1. The first-order chi connectivity index (χ1) is 12.0. The molecule has 2 aromatic carbocycles. The van der Waals surface area contributed by atoms with Gasteiger partial charge in [0.05, 0.1) is 11.4 Å². The Morgan fingerprint density at radius 1 is 1.08 bits per heavy atom. The summed E-state index contributed by atoms with van der Waals surface area (Å²) >= 11 is 1.27. The normalized spacial score (nSPS) is 22.0. The van der Waals surface area contributed by atoms with Crippen LogP contribution in [0.15, 0.2) is 48.5 Å². The highest BCUT2D eigenvalue weighted by atomic mass is 32.2. The third kappa shape index (κ3) is 2.07. The van der Waals surface area contributed by atoms with E-state index in [0.717, 1.165) is 5.56 Å². The molecule has 1 spiro atoms. The number of benzene rings is 2. The molecule has 0 bridgehead atoms. The van der Waals surface area contributed by atoms with Crippen LogP contribution in [0.1, 0.15) is 18.1 Å². The highest BCUT2D eigenvalue weighted by Gasteiger charge is 2.61. The summed E-state index contributed by atoms with van der Waals surface area (Å²) in [5, 5.41) is 0. The van der Waals surface area contributed by atoms with E-state index in [0.29, 0.717) is 16.9 Å². The SMILES string of the molecule is CC(=O)N1C(=O)[C@]2(SCC(=O)N2c2ccc(C)cc2)c2ccccc21. The van der Waals surface area contributed by atoms with Crippen molar-refractivity contribution in [3.05, 3.63) is 59.7 Å². The van der Waals surface area contributed by atoms with Gasteiger partial charge in [0.15, 0.2) is 0 Å². The first-order valence-corrected chi connectivity index (χ1v) is 8.93. The van der Waals surface area contributed by atoms with Crippen LogP contribution in [0, 0.1) is 6.92 Å². The number of para-hydroxylation sites is 1. The van der Waals surface area contributed by atoms with Crippen molar-refractivity contribution in [3.63, 3.8) is 0 Å². The van der Waals surface area contributed by atoms with Crippen LogP contribution in [0.25, 0.3) is 0 Å². The smallest absolute Gasteiger partial charge is 0.275 e. The Morgan fingerprint density at radius 2 is 1.76 bits per heavy atom. The van der Waals surface area contributed by atoms with E-state index in [-0.39, 0.29) is 23.5 Å². The number of nitrogens with zero attached hydrogens (tertiary/aromatic N) is 2. The molecule has 1 atom stereocenters. The van der Waals surface area contributed by atoms with E-state index in [4.69, 9.17) is 0 Å². The minimum atomic E-state index is -1.21. The lowest BCUT2D eigenvalue weighted by molar-refractivity contribution is -0.128. The molecule has 0 radical (unpaired) electrons. The van der Waals surface area contributed by atoms with Gasteiger partial charge in [0.25, 0.3) is 5.91 Å². The van der Waals surface area contributed by atoms with Gasteiger partial charge in [0.2, 0.25) is 16.7 Å². The highest BCUT2D eigenvalue weighted by molar-refractivity contribution is 8.02. The molecule has 2 aliphatic heterocycles. The molecule has 25 heavy (non-hydrogen) atoms. The second-order valence-electron chi connectivity index (χ2n) is 6.17. The van der Waals surface area contributed by atoms with Crippen molar-refractivity contribution in [2.24, 2.45) is 0 Å². The van der Waals surface area contributed by atoms with E-state index >= 15 is 0 Å². The minimum Gasteiger partial charge on any atom is -0.283 e. The predicted molar refractivity (Wildman–Crippen MR) is 97.4 cm³/mol. The topological polar surface area (TPSA) is 57.7 Å². The van der Waals surface area contributed by atoms with E-state index in [1.54, 1.807) is 17.0 Å². The summed E-state index contributed by atoms with van der Waals surface area (Å²) in [6.45, 7) is 3.33. The molecule has 0 saturated carbocycles. The fourth-order valence-corrected chi connectivity index (χ4v) is 4.83. The van der Waals surface area contributed by atoms with Crippen LogP contribution in [0.4, 0.5) is 11.4 Å². The lowest BCUT2D eigenvalue weighted by Crippen LogP contribution is -2.50. The Labute approximate surface area is 149 Å². The molecular weight excluding hydrogens is 336 g/mol. The van der Waals surface area contributed by atoms with Crippen LogP contribution in [0.5, 0.6) is 0 Å².